The van der Waals surface area contributed by atoms with Crippen LogP contribution < -0.4 is 0 Å². The predicted octanol–water partition coefficient (Wildman–Crippen LogP) is 2.76. The van der Waals surface area contributed by atoms with E-state index in [1.54, 1.807) is 0 Å². The molecule has 1 heterocycles. The highest BCUT2D eigenvalue weighted by molar-refractivity contribution is 7.81. The molecule has 7 heteroatoms. The molecule has 0 atom stereocenters. The number of amides is 2. The predicted molar refractivity (Wildman–Crippen MR) is 88.4 cm³/mol. The van der Waals surface area contributed by atoms with E-state index in [1.807, 2.05) is 41.5 Å². The van der Waals surface area contributed by atoms with E-state index < -0.39 is 17.8 Å². The number of carbonyl (C=O) groups excluding carboxylic acids is 3. The fourth-order valence-electron chi connectivity index (χ4n) is 1.26. The zero-order valence-corrected chi connectivity index (χ0v) is 15.4. The molecule has 1 rings (SSSR count). The van der Waals surface area contributed by atoms with Crippen molar-refractivity contribution in [1.29, 1.82) is 0 Å². The van der Waals surface area contributed by atoms with Gasteiger partial charge in [0.1, 0.15) is 6.61 Å². The first-order valence-electron chi connectivity index (χ1n) is 7.66. The third-order valence-corrected chi connectivity index (χ3v) is 2.50. The summed E-state index contributed by atoms with van der Waals surface area (Å²) in [6, 6.07) is 0. The van der Waals surface area contributed by atoms with Crippen molar-refractivity contribution in [1.82, 2.24) is 5.06 Å². The van der Waals surface area contributed by atoms with Crippen molar-refractivity contribution in [3.8, 4) is 0 Å². The Bertz CT molecular complexity index is 336. The van der Waals surface area contributed by atoms with Crippen LogP contribution in [0.5, 0.6) is 0 Å². The lowest BCUT2D eigenvalue weighted by molar-refractivity contribution is -0.200. The number of rotatable bonds is 6. The van der Waals surface area contributed by atoms with Crippen molar-refractivity contribution < 1.29 is 24.0 Å². The van der Waals surface area contributed by atoms with E-state index in [9.17, 15) is 14.4 Å². The van der Waals surface area contributed by atoms with E-state index >= 15 is 0 Å². The fourth-order valence-corrected chi connectivity index (χ4v) is 1.35. The zero-order chi connectivity index (χ0) is 17.8. The Labute approximate surface area is 138 Å². The van der Waals surface area contributed by atoms with Gasteiger partial charge in [-0.25, -0.2) is 4.79 Å². The van der Waals surface area contributed by atoms with Crippen LogP contribution in [-0.4, -0.2) is 40.8 Å². The van der Waals surface area contributed by atoms with E-state index in [4.69, 9.17) is 4.74 Å². The van der Waals surface area contributed by atoms with E-state index in [0.717, 1.165) is 0 Å². The maximum absolute atomic E-state index is 11.3. The van der Waals surface area contributed by atoms with Crippen LogP contribution in [0.4, 0.5) is 0 Å². The van der Waals surface area contributed by atoms with Gasteiger partial charge in [0.25, 0.3) is 11.8 Å². The number of hydroxylamine groups is 2. The topological polar surface area (TPSA) is 72.9 Å². The van der Waals surface area contributed by atoms with Gasteiger partial charge in [-0.3, -0.25) is 9.59 Å². The summed E-state index contributed by atoms with van der Waals surface area (Å²) in [6.45, 7) is 11.9. The summed E-state index contributed by atoms with van der Waals surface area (Å²) in [4.78, 5) is 38.2. The Morgan fingerprint density at radius 2 is 1.59 bits per heavy atom. The Balaban J connectivity index is 0. The van der Waals surface area contributed by atoms with E-state index in [2.05, 4.69) is 17.5 Å². The molecule has 130 valence electrons. The lowest BCUT2D eigenvalue weighted by Gasteiger charge is -2.17. The second kappa shape index (κ2) is 12.5. The van der Waals surface area contributed by atoms with Crippen LogP contribution in [0.15, 0.2) is 0 Å². The summed E-state index contributed by atoms with van der Waals surface area (Å²) in [5.74, 6) is -1.75. The van der Waals surface area contributed by atoms with Gasteiger partial charge in [-0.15, -0.1) is 5.06 Å². The first-order chi connectivity index (χ1) is 10.3. The van der Waals surface area contributed by atoms with Crippen molar-refractivity contribution in [2.24, 2.45) is 0 Å². The van der Waals surface area contributed by atoms with Gasteiger partial charge >= 0.3 is 5.97 Å². The second-order valence-corrected chi connectivity index (χ2v) is 5.87. The van der Waals surface area contributed by atoms with E-state index in [0.29, 0.717) is 18.1 Å². The SMILES string of the molecule is CC.CC.CC(C)(S)CCOCC(=O)ON1C(=O)CCC1=O. The van der Waals surface area contributed by atoms with Gasteiger partial charge in [0.2, 0.25) is 0 Å². The number of hydrogen-bond acceptors (Lipinski definition) is 6. The van der Waals surface area contributed by atoms with Crippen molar-refractivity contribution in [3.63, 3.8) is 0 Å². The minimum absolute atomic E-state index is 0.0841. The molecule has 0 N–H and O–H groups in total. The van der Waals surface area contributed by atoms with Crippen LogP contribution >= 0.6 is 12.6 Å². The summed E-state index contributed by atoms with van der Waals surface area (Å²) in [5.41, 5.74) is 0. The maximum atomic E-state index is 11.3. The molecule has 2 amide bonds. The Hall–Kier alpha value is -1.08. The molecule has 0 bridgehead atoms. The molecule has 1 fully saturated rings. The van der Waals surface area contributed by atoms with E-state index in [-0.39, 0.29) is 24.2 Å². The van der Waals surface area contributed by atoms with Crippen LogP contribution in [0.2, 0.25) is 0 Å². The highest BCUT2D eigenvalue weighted by Crippen LogP contribution is 2.16. The number of hydrogen-bond donors (Lipinski definition) is 1. The monoisotopic (exact) mass is 335 g/mol. The Morgan fingerprint density at radius 1 is 1.14 bits per heavy atom. The highest BCUT2D eigenvalue weighted by Gasteiger charge is 2.32. The maximum Gasteiger partial charge on any atom is 0.358 e. The molecule has 1 saturated heterocycles. The molecule has 0 radical (unpaired) electrons. The summed E-state index contributed by atoms with van der Waals surface area (Å²) >= 11 is 4.30. The molecule has 0 aromatic heterocycles. The van der Waals surface area contributed by atoms with Crippen molar-refractivity contribution in [2.45, 2.75) is 65.6 Å². The quantitative estimate of drug-likeness (QED) is 0.459. The van der Waals surface area contributed by atoms with Crippen molar-refractivity contribution in [3.05, 3.63) is 0 Å². The number of thiol groups is 1. The molecule has 0 aromatic rings. The van der Waals surface area contributed by atoms with Gasteiger partial charge in [0.05, 0.1) is 0 Å². The van der Waals surface area contributed by atoms with Crippen LogP contribution in [0.3, 0.4) is 0 Å². The van der Waals surface area contributed by atoms with Crippen molar-refractivity contribution in [2.75, 3.05) is 13.2 Å². The minimum Gasteiger partial charge on any atom is -0.370 e. The molecule has 0 aliphatic carbocycles. The average Bonchev–Trinajstić information content (AvgIpc) is 2.79. The second-order valence-electron chi connectivity index (χ2n) is 4.66. The third-order valence-electron chi connectivity index (χ3n) is 2.28. The first kappa shape index (κ1) is 23.2. The molecule has 0 saturated carbocycles. The lowest BCUT2D eigenvalue weighted by Crippen LogP contribution is -2.33. The molecule has 1 aliphatic rings. The highest BCUT2D eigenvalue weighted by atomic mass is 32.1. The number of nitrogens with zero attached hydrogens (tertiary/aromatic N) is 1. The van der Waals surface area contributed by atoms with Gasteiger partial charge in [0.15, 0.2) is 0 Å². The molecular weight excluding hydrogens is 306 g/mol. The number of carbonyl (C=O) groups is 3. The van der Waals surface area contributed by atoms with Gasteiger partial charge in [-0.1, -0.05) is 41.5 Å². The molecule has 6 nitrogen and oxygen atoms in total. The Morgan fingerprint density at radius 3 is 2.00 bits per heavy atom. The van der Waals surface area contributed by atoms with Crippen LogP contribution in [0, 0.1) is 0 Å². The third kappa shape index (κ3) is 10.6. The largest absolute Gasteiger partial charge is 0.370 e. The average molecular weight is 335 g/mol. The smallest absolute Gasteiger partial charge is 0.358 e. The molecule has 0 aromatic carbocycles. The van der Waals surface area contributed by atoms with Gasteiger partial charge in [-0.2, -0.15) is 12.6 Å². The summed E-state index contributed by atoms with van der Waals surface area (Å²) < 4.78 is 4.90. The Kier molecular flexibility index (Phi) is 13.1. The lowest BCUT2D eigenvalue weighted by atomic mass is 10.1. The van der Waals surface area contributed by atoms with Crippen LogP contribution in [0.1, 0.15) is 60.8 Å². The minimum atomic E-state index is -0.754. The summed E-state index contributed by atoms with van der Waals surface area (Å²) in [5, 5.41) is 0.508. The van der Waals surface area contributed by atoms with Gasteiger partial charge < -0.3 is 9.57 Å². The van der Waals surface area contributed by atoms with Crippen LogP contribution in [0.25, 0.3) is 0 Å². The summed E-state index contributed by atoms with van der Waals surface area (Å²) in [7, 11) is 0. The first-order valence-corrected chi connectivity index (χ1v) is 8.11. The molecule has 22 heavy (non-hydrogen) atoms. The molecule has 1 aliphatic heterocycles. The molecule has 0 spiro atoms. The van der Waals surface area contributed by atoms with Crippen LogP contribution in [-0.2, 0) is 24.0 Å². The molecule has 0 unspecified atom stereocenters. The zero-order valence-electron chi connectivity index (χ0n) is 14.5. The number of ether oxygens (including phenoxy) is 1. The molecular formula is C15H29NO5S. The van der Waals surface area contributed by atoms with E-state index in [1.165, 1.54) is 0 Å². The standard InChI is InChI=1S/C11H17NO5S.2C2H6/c1-11(2,18)5-6-16-7-10(15)17-12-8(13)3-4-9(12)14;2*1-2/h18H,3-7H2,1-2H3;2*1-2H3. The van der Waals surface area contributed by atoms with Crippen molar-refractivity contribution >= 4 is 30.4 Å². The summed E-state index contributed by atoms with van der Waals surface area (Å²) in [6.07, 6.45) is 0.840. The van der Waals surface area contributed by atoms with Gasteiger partial charge in [-0.05, 0) is 6.42 Å². The normalized spacial score (nSPS) is 13.9. The van der Waals surface area contributed by atoms with Gasteiger partial charge in [0, 0.05) is 24.2 Å². The number of imide groups is 1. The fraction of sp³-hybridized carbons (Fsp3) is 0.800.